The molecular weight excluding hydrogens is 631 g/mol. The molecule has 0 radical (unpaired) electrons. The number of carbonyl (C=O) groups excluding carboxylic acids is 3. The zero-order valence-electron chi connectivity index (χ0n) is 25.4. The van der Waals surface area contributed by atoms with Crippen molar-refractivity contribution >= 4 is 47.6 Å². The average molecular weight is 664 g/mol. The third-order valence-corrected chi connectivity index (χ3v) is 7.59. The van der Waals surface area contributed by atoms with Gasteiger partial charge in [0.1, 0.15) is 12.2 Å². The summed E-state index contributed by atoms with van der Waals surface area (Å²) in [6, 6.07) is 7.37. The van der Waals surface area contributed by atoms with Crippen LogP contribution < -0.4 is 20.1 Å². The van der Waals surface area contributed by atoms with Crippen molar-refractivity contribution in [2.45, 2.75) is 26.4 Å². The largest absolute Gasteiger partial charge is 0.454 e. The number of hydrazone groups is 1. The number of anilines is 1. The highest BCUT2D eigenvalue weighted by atomic mass is 35.5. The zero-order chi connectivity index (χ0) is 33.6. The van der Waals surface area contributed by atoms with Crippen molar-refractivity contribution in [3.63, 3.8) is 0 Å². The Hall–Kier alpha value is -4.79. The first kappa shape index (κ1) is 34.1. The lowest BCUT2D eigenvalue weighted by Crippen LogP contribution is -2.51. The van der Waals surface area contributed by atoms with Gasteiger partial charge in [-0.25, -0.2) is 10.0 Å². The van der Waals surface area contributed by atoms with Gasteiger partial charge in [0.15, 0.2) is 17.3 Å². The van der Waals surface area contributed by atoms with Crippen molar-refractivity contribution in [2.75, 3.05) is 51.9 Å². The number of carbonyl (C=O) groups is 3. The number of nitrogens with one attached hydrogen (secondary N) is 2. The van der Waals surface area contributed by atoms with E-state index in [-0.39, 0.29) is 34.9 Å². The molecule has 2 aliphatic rings. The maximum absolute atomic E-state index is 14.4. The Balaban J connectivity index is 1.71. The Morgan fingerprint density at radius 1 is 1.04 bits per heavy atom. The molecule has 0 spiro atoms. The maximum atomic E-state index is 14.4. The van der Waals surface area contributed by atoms with Crippen LogP contribution >= 0.6 is 11.6 Å². The number of piperazine rings is 1. The van der Waals surface area contributed by atoms with Gasteiger partial charge < -0.3 is 29.9 Å². The highest BCUT2D eigenvalue weighted by Crippen LogP contribution is 2.34. The van der Waals surface area contributed by atoms with Crippen molar-refractivity contribution in [2.24, 2.45) is 10.1 Å². The number of aliphatic imine (C=N–C) groups is 1. The van der Waals surface area contributed by atoms with E-state index < -0.39 is 30.1 Å². The van der Waals surface area contributed by atoms with Crippen molar-refractivity contribution in [3.05, 3.63) is 63.9 Å². The van der Waals surface area contributed by atoms with E-state index in [1.54, 1.807) is 30.1 Å². The third kappa shape index (κ3) is 7.88. The lowest BCUT2D eigenvalue weighted by atomic mass is 10.1. The third-order valence-electron chi connectivity index (χ3n) is 7.28. The Morgan fingerprint density at radius 2 is 1.72 bits per heavy atom. The molecule has 0 atom stereocenters. The SMILES string of the molecule is C=N/C(=N\N(CC(=O)Nc1ccc(C(F)(F)F)cc1Cl)C(=O)/C(=C(/CC)NC)N1CCN(C(C)=O)CC1)c1ccc2c(c1)OCO2. The van der Waals surface area contributed by atoms with Crippen LogP contribution in [0.25, 0.3) is 0 Å². The molecule has 2 heterocycles. The van der Waals surface area contributed by atoms with Gasteiger partial charge in [0.05, 0.1) is 16.3 Å². The summed E-state index contributed by atoms with van der Waals surface area (Å²) >= 11 is 6.06. The number of hydrogen-bond donors (Lipinski definition) is 2. The molecule has 0 aromatic heterocycles. The molecule has 2 aromatic rings. The van der Waals surface area contributed by atoms with Gasteiger partial charge in [0, 0.05) is 51.4 Å². The number of ether oxygens (including phenoxy) is 2. The maximum Gasteiger partial charge on any atom is 0.416 e. The molecule has 246 valence electrons. The molecule has 0 aliphatic carbocycles. The van der Waals surface area contributed by atoms with Crippen LogP contribution in [0.2, 0.25) is 5.02 Å². The van der Waals surface area contributed by atoms with Crippen LogP contribution in [0.1, 0.15) is 31.4 Å². The number of allylic oxidation sites excluding steroid dienone is 1. The monoisotopic (exact) mass is 663 g/mol. The van der Waals surface area contributed by atoms with Crippen LogP contribution in [-0.2, 0) is 20.6 Å². The lowest BCUT2D eigenvalue weighted by Gasteiger charge is -2.38. The second kappa shape index (κ2) is 14.5. The minimum atomic E-state index is -4.63. The predicted octanol–water partition coefficient (Wildman–Crippen LogP) is 3.92. The summed E-state index contributed by atoms with van der Waals surface area (Å²) in [7, 11) is 1.66. The molecule has 0 unspecified atom stereocenters. The van der Waals surface area contributed by atoms with E-state index in [0.29, 0.717) is 61.4 Å². The fraction of sp³-hybridized carbons (Fsp3) is 0.367. The number of alkyl halides is 3. The molecule has 0 saturated carbocycles. The fourth-order valence-corrected chi connectivity index (χ4v) is 5.11. The summed E-state index contributed by atoms with van der Waals surface area (Å²) in [4.78, 5) is 47.1. The highest BCUT2D eigenvalue weighted by molar-refractivity contribution is 6.33. The minimum Gasteiger partial charge on any atom is -0.454 e. The summed E-state index contributed by atoms with van der Waals surface area (Å²) in [6.45, 7) is 7.69. The van der Waals surface area contributed by atoms with E-state index in [4.69, 9.17) is 21.1 Å². The quantitative estimate of drug-likeness (QED) is 0.180. The molecule has 1 fully saturated rings. The van der Waals surface area contributed by atoms with Gasteiger partial charge in [-0.3, -0.25) is 14.4 Å². The summed E-state index contributed by atoms with van der Waals surface area (Å²) in [5, 5.41) is 10.5. The van der Waals surface area contributed by atoms with Crippen molar-refractivity contribution in [1.82, 2.24) is 20.1 Å². The molecule has 16 heteroatoms. The molecule has 1 saturated heterocycles. The van der Waals surface area contributed by atoms with Crippen LogP contribution in [0.5, 0.6) is 11.5 Å². The Kier molecular flexibility index (Phi) is 10.8. The first-order valence-electron chi connectivity index (χ1n) is 14.2. The van der Waals surface area contributed by atoms with E-state index in [9.17, 15) is 27.6 Å². The summed E-state index contributed by atoms with van der Waals surface area (Å²) < 4.78 is 50.2. The topological polar surface area (TPSA) is 128 Å². The second-order valence-corrected chi connectivity index (χ2v) is 10.6. The number of benzene rings is 2. The fourth-order valence-electron chi connectivity index (χ4n) is 4.89. The molecule has 2 aliphatic heterocycles. The van der Waals surface area contributed by atoms with Crippen LogP contribution in [-0.4, -0.2) is 91.6 Å². The van der Waals surface area contributed by atoms with E-state index in [1.807, 2.05) is 11.8 Å². The molecule has 4 rings (SSSR count). The summed E-state index contributed by atoms with van der Waals surface area (Å²) in [6.07, 6.45) is -4.21. The van der Waals surface area contributed by atoms with Crippen LogP contribution in [0.4, 0.5) is 18.9 Å². The second-order valence-electron chi connectivity index (χ2n) is 10.2. The van der Waals surface area contributed by atoms with Crippen LogP contribution in [0, 0.1) is 0 Å². The standard InChI is InChI=1S/C30H33ClF3N7O5/c1-5-22(35-3)27(40-12-10-39(11-13-40)18(2)42)29(44)41(38-28(36-4)19-6-9-24-25(14-19)46-17-45-24)16-26(43)37-23-8-7-20(15-21(23)31)30(32,33)34/h6-9,14-15,35H,4-5,10-13,16-17H2,1-3H3,(H,37,43)/b27-22+,38-28-. The molecule has 2 N–H and O–H groups in total. The average Bonchev–Trinajstić information content (AvgIpc) is 3.50. The molecular formula is C30H33ClF3N7O5. The number of rotatable bonds is 9. The van der Waals surface area contributed by atoms with Crippen molar-refractivity contribution < 1.29 is 37.0 Å². The van der Waals surface area contributed by atoms with E-state index in [1.165, 1.54) is 6.92 Å². The minimum absolute atomic E-state index is 0.0183. The van der Waals surface area contributed by atoms with E-state index in [2.05, 4.69) is 27.4 Å². The number of nitrogens with zero attached hydrogens (tertiary/aromatic N) is 5. The smallest absolute Gasteiger partial charge is 0.416 e. The highest BCUT2D eigenvalue weighted by Gasteiger charge is 2.33. The van der Waals surface area contributed by atoms with E-state index >= 15 is 0 Å². The summed E-state index contributed by atoms with van der Waals surface area (Å²) in [5.41, 5.74) is 0.124. The normalized spacial score (nSPS) is 15.2. The Labute approximate surface area is 268 Å². The van der Waals surface area contributed by atoms with Crippen LogP contribution in [0.15, 0.2) is 57.9 Å². The molecule has 12 nitrogen and oxygen atoms in total. The molecule has 3 amide bonds. The first-order valence-corrected chi connectivity index (χ1v) is 14.6. The predicted molar refractivity (Wildman–Crippen MR) is 166 cm³/mol. The Bertz CT molecular complexity index is 1570. The number of amides is 3. The van der Waals surface area contributed by atoms with Crippen molar-refractivity contribution in [3.8, 4) is 11.5 Å². The molecule has 0 bridgehead atoms. The van der Waals surface area contributed by atoms with Gasteiger partial charge in [0.2, 0.25) is 18.6 Å². The number of halogens is 4. The van der Waals surface area contributed by atoms with E-state index in [0.717, 1.165) is 17.1 Å². The van der Waals surface area contributed by atoms with Gasteiger partial charge in [0.25, 0.3) is 5.91 Å². The lowest BCUT2D eigenvalue weighted by molar-refractivity contribution is -0.137. The van der Waals surface area contributed by atoms with Gasteiger partial charge in [-0.2, -0.15) is 13.2 Å². The summed E-state index contributed by atoms with van der Waals surface area (Å²) in [5.74, 6) is -0.640. The van der Waals surface area contributed by atoms with Gasteiger partial charge in [-0.15, -0.1) is 5.10 Å². The number of fused-ring (bicyclic) bond motifs is 1. The Morgan fingerprint density at radius 3 is 2.30 bits per heavy atom. The molecule has 2 aromatic carbocycles. The number of amidine groups is 1. The van der Waals surface area contributed by atoms with Gasteiger partial charge in [-0.1, -0.05) is 18.5 Å². The van der Waals surface area contributed by atoms with Gasteiger partial charge in [-0.05, 0) is 49.5 Å². The first-order chi connectivity index (χ1) is 21.9. The van der Waals surface area contributed by atoms with Gasteiger partial charge >= 0.3 is 6.18 Å². The molecule has 46 heavy (non-hydrogen) atoms. The number of hydrogen-bond acceptors (Lipinski definition) is 8. The van der Waals surface area contributed by atoms with Crippen molar-refractivity contribution in [1.29, 1.82) is 0 Å². The van der Waals surface area contributed by atoms with Crippen LogP contribution in [0.3, 0.4) is 0 Å². The zero-order valence-corrected chi connectivity index (χ0v) is 26.2.